The van der Waals surface area contributed by atoms with E-state index >= 15 is 0 Å². The molecule has 2 N–H and O–H groups in total. The fourth-order valence-corrected chi connectivity index (χ4v) is 1.07. The van der Waals surface area contributed by atoms with Crippen molar-refractivity contribution in [3.63, 3.8) is 0 Å². The summed E-state index contributed by atoms with van der Waals surface area (Å²) in [5.74, 6) is -0.0220. The number of aliphatic hydroxyl groups excluding tert-OH is 1. The Hall–Kier alpha value is -1.36. The highest BCUT2D eigenvalue weighted by Gasteiger charge is 1.99. The number of nitrogens with zero attached hydrogens (tertiary/aromatic N) is 2. The first-order valence-electron chi connectivity index (χ1n) is 4.68. The summed E-state index contributed by atoms with van der Waals surface area (Å²) in [7, 11) is 0. The number of carbonyl (C=O) groups excluding carboxylic acids is 1. The van der Waals surface area contributed by atoms with E-state index in [0.717, 1.165) is 0 Å². The first-order valence-corrected chi connectivity index (χ1v) is 4.68. The average Bonchev–Trinajstić information content (AvgIpc) is 2.67. The number of hydrogen-bond donors (Lipinski definition) is 2. The molecule has 1 heterocycles. The van der Waals surface area contributed by atoms with E-state index in [2.05, 4.69) is 10.4 Å². The van der Waals surface area contributed by atoms with Crippen molar-refractivity contribution in [1.82, 2.24) is 15.1 Å². The highest BCUT2D eigenvalue weighted by Crippen LogP contribution is 1.87. The summed E-state index contributed by atoms with van der Waals surface area (Å²) < 4.78 is 1.76. The molecule has 1 aromatic rings. The third-order valence-corrected chi connectivity index (χ3v) is 1.78. The molecule has 0 unspecified atom stereocenters. The van der Waals surface area contributed by atoms with Gasteiger partial charge in [-0.3, -0.25) is 9.48 Å². The van der Waals surface area contributed by atoms with Gasteiger partial charge in [0.1, 0.15) is 0 Å². The number of rotatable bonds is 6. The maximum Gasteiger partial charge on any atom is 0.220 e. The normalized spacial score (nSPS) is 10.1. The number of hydrogen-bond acceptors (Lipinski definition) is 3. The number of aliphatic hydroxyl groups is 1. The molecule has 14 heavy (non-hydrogen) atoms. The molecule has 78 valence electrons. The van der Waals surface area contributed by atoms with E-state index < -0.39 is 0 Å². The van der Waals surface area contributed by atoms with Crippen LogP contribution in [0.15, 0.2) is 18.5 Å². The van der Waals surface area contributed by atoms with Gasteiger partial charge in [0.2, 0.25) is 5.91 Å². The summed E-state index contributed by atoms with van der Waals surface area (Å²) in [6, 6.07) is 1.84. The van der Waals surface area contributed by atoms with Crippen LogP contribution in [0.4, 0.5) is 0 Å². The standard InChI is InChI=1S/C9H15N3O2/c13-8-1-3-9(14)10-5-7-12-6-2-4-11-12/h2,4,6,13H,1,3,5,7-8H2,(H,10,14). The number of aromatic nitrogens is 2. The zero-order chi connectivity index (χ0) is 10.2. The monoisotopic (exact) mass is 197 g/mol. The third kappa shape index (κ3) is 4.04. The summed E-state index contributed by atoms with van der Waals surface area (Å²) >= 11 is 0. The van der Waals surface area contributed by atoms with Gasteiger partial charge in [-0.2, -0.15) is 5.10 Å². The van der Waals surface area contributed by atoms with E-state index in [1.54, 1.807) is 10.9 Å². The molecule has 1 rings (SSSR count). The predicted molar refractivity (Wildman–Crippen MR) is 51.6 cm³/mol. The average molecular weight is 197 g/mol. The van der Waals surface area contributed by atoms with Gasteiger partial charge < -0.3 is 10.4 Å². The number of nitrogens with one attached hydrogen (secondary N) is 1. The lowest BCUT2D eigenvalue weighted by Gasteiger charge is -2.04. The minimum absolute atomic E-state index is 0.0220. The van der Waals surface area contributed by atoms with Crippen molar-refractivity contribution in [2.24, 2.45) is 0 Å². The van der Waals surface area contributed by atoms with Crippen molar-refractivity contribution in [2.75, 3.05) is 13.2 Å². The van der Waals surface area contributed by atoms with Crippen molar-refractivity contribution in [1.29, 1.82) is 0 Å². The van der Waals surface area contributed by atoms with Gasteiger partial charge >= 0.3 is 0 Å². The summed E-state index contributed by atoms with van der Waals surface area (Å²) in [6.45, 7) is 1.32. The number of carbonyl (C=O) groups is 1. The van der Waals surface area contributed by atoms with Crippen LogP contribution in [0.3, 0.4) is 0 Å². The van der Waals surface area contributed by atoms with E-state index in [9.17, 15) is 4.79 Å². The minimum atomic E-state index is -0.0220. The highest BCUT2D eigenvalue weighted by atomic mass is 16.3. The Morgan fingerprint density at radius 3 is 3.07 bits per heavy atom. The molecule has 0 saturated heterocycles. The quantitative estimate of drug-likeness (QED) is 0.662. The molecule has 0 bridgehead atoms. The first-order chi connectivity index (χ1) is 6.83. The van der Waals surface area contributed by atoms with Gasteiger partial charge in [-0.15, -0.1) is 0 Å². The molecule has 0 aliphatic rings. The van der Waals surface area contributed by atoms with Crippen LogP contribution >= 0.6 is 0 Å². The lowest BCUT2D eigenvalue weighted by Crippen LogP contribution is -2.27. The van der Waals surface area contributed by atoms with E-state index in [-0.39, 0.29) is 12.5 Å². The molecule has 0 radical (unpaired) electrons. The molecule has 0 fully saturated rings. The van der Waals surface area contributed by atoms with Gasteiger partial charge in [0, 0.05) is 32.0 Å². The molecule has 0 aromatic carbocycles. The van der Waals surface area contributed by atoms with Crippen molar-refractivity contribution in [3.05, 3.63) is 18.5 Å². The van der Waals surface area contributed by atoms with Crippen LogP contribution in [0.1, 0.15) is 12.8 Å². The molecule has 1 aromatic heterocycles. The summed E-state index contributed by atoms with van der Waals surface area (Å²) in [5.41, 5.74) is 0. The van der Waals surface area contributed by atoms with Crippen molar-refractivity contribution < 1.29 is 9.90 Å². The second-order valence-electron chi connectivity index (χ2n) is 2.95. The molecule has 0 saturated carbocycles. The van der Waals surface area contributed by atoms with Crippen molar-refractivity contribution in [3.8, 4) is 0 Å². The largest absolute Gasteiger partial charge is 0.396 e. The lowest BCUT2D eigenvalue weighted by molar-refractivity contribution is -0.121. The number of amides is 1. The summed E-state index contributed by atoms with van der Waals surface area (Å²) in [4.78, 5) is 11.1. The zero-order valence-electron chi connectivity index (χ0n) is 8.02. The molecular formula is C9H15N3O2. The minimum Gasteiger partial charge on any atom is -0.396 e. The van der Waals surface area contributed by atoms with E-state index in [4.69, 9.17) is 5.11 Å². The Morgan fingerprint density at radius 2 is 2.43 bits per heavy atom. The fourth-order valence-electron chi connectivity index (χ4n) is 1.07. The van der Waals surface area contributed by atoms with Crippen LogP contribution in [0.25, 0.3) is 0 Å². The van der Waals surface area contributed by atoms with Crippen LogP contribution in [0.2, 0.25) is 0 Å². The molecule has 0 atom stereocenters. The Kier molecular flexibility index (Phi) is 4.71. The van der Waals surface area contributed by atoms with Gasteiger partial charge in [0.25, 0.3) is 0 Å². The molecule has 1 amide bonds. The van der Waals surface area contributed by atoms with Gasteiger partial charge in [-0.25, -0.2) is 0 Å². The van der Waals surface area contributed by atoms with Crippen molar-refractivity contribution in [2.45, 2.75) is 19.4 Å². The Bertz CT molecular complexity index is 259. The maximum absolute atomic E-state index is 11.1. The molecule has 5 nitrogen and oxygen atoms in total. The van der Waals surface area contributed by atoms with Crippen LogP contribution in [-0.4, -0.2) is 33.9 Å². The Morgan fingerprint density at radius 1 is 1.57 bits per heavy atom. The topological polar surface area (TPSA) is 67.2 Å². The van der Waals surface area contributed by atoms with Gasteiger partial charge in [0.05, 0.1) is 6.54 Å². The van der Waals surface area contributed by atoms with Crippen LogP contribution in [0, 0.1) is 0 Å². The molecule has 5 heteroatoms. The SMILES string of the molecule is O=C(CCCO)NCCn1cccn1. The first kappa shape index (κ1) is 10.7. The van der Waals surface area contributed by atoms with Crippen molar-refractivity contribution >= 4 is 5.91 Å². The third-order valence-electron chi connectivity index (χ3n) is 1.78. The van der Waals surface area contributed by atoms with Gasteiger partial charge in [-0.1, -0.05) is 0 Å². The molecule has 0 aliphatic heterocycles. The Balaban J connectivity index is 2.06. The molecule has 0 spiro atoms. The molecule has 0 aliphatic carbocycles. The van der Waals surface area contributed by atoms with Crippen LogP contribution < -0.4 is 5.32 Å². The predicted octanol–water partition coefficient (Wildman–Crippen LogP) is -0.228. The van der Waals surface area contributed by atoms with E-state index in [1.165, 1.54) is 0 Å². The van der Waals surface area contributed by atoms with Gasteiger partial charge in [0.15, 0.2) is 0 Å². The van der Waals surface area contributed by atoms with E-state index in [0.29, 0.717) is 25.9 Å². The fraction of sp³-hybridized carbons (Fsp3) is 0.556. The highest BCUT2D eigenvalue weighted by molar-refractivity contribution is 5.75. The zero-order valence-corrected chi connectivity index (χ0v) is 8.02. The summed E-state index contributed by atoms with van der Waals surface area (Å²) in [6.07, 6.45) is 4.46. The maximum atomic E-state index is 11.1. The van der Waals surface area contributed by atoms with Crippen LogP contribution in [0.5, 0.6) is 0 Å². The second kappa shape index (κ2) is 6.15. The van der Waals surface area contributed by atoms with Gasteiger partial charge in [-0.05, 0) is 12.5 Å². The van der Waals surface area contributed by atoms with Crippen LogP contribution in [-0.2, 0) is 11.3 Å². The Labute approximate surface area is 82.7 Å². The van der Waals surface area contributed by atoms with E-state index in [1.807, 2.05) is 12.3 Å². The summed E-state index contributed by atoms with van der Waals surface area (Å²) in [5, 5.41) is 15.2. The second-order valence-corrected chi connectivity index (χ2v) is 2.95. The smallest absolute Gasteiger partial charge is 0.220 e. The molecular weight excluding hydrogens is 182 g/mol. The lowest BCUT2D eigenvalue weighted by atomic mass is 10.3.